The first-order valence-electron chi connectivity index (χ1n) is 4.98. The maximum Gasteiger partial charge on any atom is 0.255 e. The van der Waals surface area contributed by atoms with Gasteiger partial charge in [0.25, 0.3) is 5.91 Å². The molecule has 1 aliphatic rings. The van der Waals surface area contributed by atoms with E-state index in [1.165, 1.54) is 5.01 Å². The van der Waals surface area contributed by atoms with Crippen LogP contribution in [0.1, 0.15) is 20.3 Å². The predicted octanol–water partition coefficient (Wildman–Crippen LogP) is 1.72. The summed E-state index contributed by atoms with van der Waals surface area (Å²) in [6, 6.07) is 9.23. The van der Waals surface area contributed by atoms with Crippen LogP contribution in [-0.4, -0.2) is 11.7 Å². The van der Waals surface area contributed by atoms with Crippen LogP contribution < -0.4 is 10.7 Å². The molecule has 15 heavy (non-hydrogen) atoms. The minimum atomic E-state index is -0.0799. The number of benzene rings is 1. The van der Waals surface area contributed by atoms with Crippen LogP contribution in [0, 0.1) is 0 Å². The van der Waals surface area contributed by atoms with Crippen molar-refractivity contribution in [3.8, 4) is 0 Å². The molecule has 0 spiro atoms. The van der Waals surface area contributed by atoms with Crippen LogP contribution in [0.3, 0.4) is 0 Å². The van der Waals surface area contributed by atoms with Crippen molar-refractivity contribution in [1.82, 2.24) is 0 Å². The van der Waals surface area contributed by atoms with Crippen LogP contribution in [0.4, 0.5) is 5.69 Å². The Hall–Kier alpha value is -1.84. The molecule has 1 heterocycles. The van der Waals surface area contributed by atoms with Gasteiger partial charge in [-0.25, -0.2) is 0 Å². The fourth-order valence-corrected chi connectivity index (χ4v) is 1.22. The zero-order valence-corrected chi connectivity index (χ0v) is 8.97. The minimum absolute atomic E-state index is 0.0799. The standard InChI is InChI=1S/C9H9N3O.C2H6/c10-8-6-9(13)12(11-8)7-4-2-1-3-5-7;1-2/h1-5H,6H2,(H2,10,11);1-2H3. The van der Waals surface area contributed by atoms with Crippen LogP contribution in [0.25, 0.3) is 0 Å². The smallest absolute Gasteiger partial charge is 0.255 e. The first-order chi connectivity index (χ1) is 7.27. The molecule has 2 rings (SSSR count). The first-order valence-corrected chi connectivity index (χ1v) is 4.98. The third kappa shape index (κ3) is 2.56. The lowest BCUT2D eigenvalue weighted by atomic mass is 10.3. The maximum atomic E-state index is 11.3. The largest absolute Gasteiger partial charge is 0.385 e. The molecule has 0 radical (unpaired) electrons. The number of nitrogens with zero attached hydrogens (tertiary/aromatic N) is 2. The Kier molecular flexibility index (Phi) is 3.85. The number of para-hydroxylation sites is 1. The Morgan fingerprint density at radius 2 is 1.87 bits per heavy atom. The van der Waals surface area contributed by atoms with Gasteiger partial charge >= 0.3 is 0 Å². The van der Waals surface area contributed by atoms with Crippen LogP contribution in [0.2, 0.25) is 0 Å². The summed E-state index contributed by atoms with van der Waals surface area (Å²) in [4.78, 5) is 11.3. The lowest BCUT2D eigenvalue weighted by molar-refractivity contribution is -0.116. The van der Waals surface area contributed by atoms with E-state index < -0.39 is 0 Å². The first kappa shape index (κ1) is 11.2. The van der Waals surface area contributed by atoms with E-state index in [-0.39, 0.29) is 12.3 Å². The fraction of sp³-hybridized carbons (Fsp3) is 0.273. The number of anilines is 1. The highest BCUT2D eigenvalue weighted by Crippen LogP contribution is 2.18. The van der Waals surface area contributed by atoms with Gasteiger partial charge in [-0.1, -0.05) is 32.0 Å². The Morgan fingerprint density at radius 1 is 1.27 bits per heavy atom. The second-order valence-electron chi connectivity index (χ2n) is 2.81. The van der Waals surface area contributed by atoms with Gasteiger partial charge in [0.2, 0.25) is 0 Å². The number of hydrogen-bond donors (Lipinski definition) is 1. The Morgan fingerprint density at radius 3 is 2.33 bits per heavy atom. The predicted molar refractivity (Wildman–Crippen MR) is 61.5 cm³/mol. The van der Waals surface area contributed by atoms with E-state index in [0.717, 1.165) is 5.69 Å². The van der Waals surface area contributed by atoms with E-state index in [2.05, 4.69) is 5.10 Å². The van der Waals surface area contributed by atoms with Gasteiger partial charge in [-0.15, -0.1) is 0 Å². The van der Waals surface area contributed by atoms with Crippen molar-refractivity contribution in [2.45, 2.75) is 20.3 Å². The normalized spacial score (nSPS) is 14.4. The number of rotatable bonds is 1. The summed E-state index contributed by atoms with van der Waals surface area (Å²) in [5.74, 6) is 0.289. The van der Waals surface area contributed by atoms with Crippen LogP contribution in [0.15, 0.2) is 35.4 Å². The molecular formula is C11H15N3O. The van der Waals surface area contributed by atoms with E-state index in [1.807, 2.05) is 44.2 Å². The molecule has 1 aromatic carbocycles. The molecule has 4 nitrogen and oxygen atoms in total. The highest BCUT2D eigenvalue weighted by molar-refractivity contribution is 6.11. The molecule has 0 saturated heterocycles. The molecule has 0 saturated carbocycles. The minimum Gasteiger partial charge on any atom is -0.385 e. The number of carbonyl (C=O) groups excluding carboxylic acids is 1. The van der Waals surface area contributed by atoms with Crippen molar-refractivity contribution in [2.75, 3.05) is 5.01 Å². The van der Waals surface area contributed by atoms with Crippen molar-refractivity contribution >= 4 is 17.4 Å². The van der Waals surface area contributed by atoms with Crippen molar-refractivity contribution < 1.29 is 4.79 Å². The zero-order valence-electron chi connectivity index (χ0n) is 8.97. The van der Waals surface area contributed by atoms with Gasteiger partial charge in [-0.2, -0.15) is 10.1 Å². The van der Waals surface area contributed by atoms with Gasteiger partial charge in [0.05, 0.1) is 12.1 Å². The quantitative estimate of drug-likeness (QED) is 0.758. The van der Waals surface area contributed by atoms with Crippen LogP contribution in [0.5, 0.6) is 0 Å². The van der Waals surface area contributed by atoms with Crippen LogP contribution in [-0.2, 0) is 4.79 Å². The van der Waals surface area contributed by atoms with Crippen LogP contribution >= 0.6 is 0 Å². The van der Waals surface area contributed by atoms with Gasteiger partial charge in [-0.3, -0.25) is 4.79 Å². The summed E-state index contributed by atoms with van der Waals surface area (Å²) in [6.07, 6.45) is 0.217. The third-order valence-corrected chi connectivity index (χ3v) is 1.80. The molecule has 0 unspecified atom stereocenters. The Balaban J connectivity index is 0.000000531. The average molecular weight is 205 g/mol. The topological polar surface area (TPSA) is 58.7 Å². The summed E-state index contributed by atoms with van der Waals surface area (Å²) >= 11 is 0. The Labute approximate surface area is 89.4 Å². The van der Waals surface area contributed by atoms with E-state index in [9.17, 15) is 4.79 Å². The molecule has 0 aliphatic carbocycles. The van der Waals surface area contributed by atoms with E-state index in [1.54, 1.807) is 0 Å². The molecule has 0 atom stereocenters. The summed E-state index contributed by atoms with van der Waals surface area (Å²) in [7, 11) is 0. The highest BCUT2D eigenvalue weighted by Gasteiger charge is 2.22. The van der Waals surface area contributed by atoms with Gasteiger partial charge < -0.3 is 5.73 Å². The van der Waals surface area contributed by atoms with E-state index in [0.29, 0.717) is 5.84 Å². The molecular weight excluding hydrogens is 190 g/mol. The van der Waals surface area contributed by atoms with E-state index in [4.69, 9.17) is 5.73 Å². The fourth-order valence-electron chi connectivity index (χ4n) is 1.22. The molecule has 4 heteroatoms. The molecule has 0 bridgehead atoms. The number of hydrazone groups is 1. The molecule has 1 aliphatic heterocycles. The number of carbonyl (C=O) groups is 1. The second kappa shape index (κ2) is 5.14. The summed E-state index contributed by atoms with van der Waals surface area (Å²) in [6.45, 7) is 4.00. The second-order valence-corrected chi connectivity index (χ2v) is 2.81. The number of amidine groups is 1. The lowest BCUT2D eigenvalue weighted by Gasteiger charge is -2.10. The third-order valence-electron chi connectivity index (χ3n) is 1.80. The molecule has 0 aromatic heterocycles. The number of hydrogen-bond acceptors (Lipinski definition) is 3. The van der Waals surface area contributed by atoms with Crippen molar-refractivity contribution in [1.29, 1.82) is 0 Å². The monoisotopic (exact) mass is 205 g/mol. The van der Waals surface area contributed by atoms with Gasteiger partial charge in [0, 0.05) is 0 Å². The Bertz CT molecular complexity index is 359. The average Bonchev–Trinajstić information content (AvgIpc) is 2.62. The summed E-state index contributed by atoms with van der Waals surface area (Å²) < 4.78 is 0. The van der Waals surface area contributed by atoms with Crippen molar-refractivity contribution in [3.63, 3.8) is 0 Å². The zero-order chi connectivity index (χ0) is 11.3. The molecule has 1 aromatic rings. The SMILES string of the molecule is CC.NC1=NN(c2ccccc2)C(=O)C1. The lowest BCUT2D eigenvalue weighted by Crippen LogP contribution is -2.19. The number of amides is 1. The summed E-state index contributed by atoms with van der Waals surface area (Å²) in [5, 5.41) is 5.25. The van der Waals surface area contributed by atoms with Gasteiger partial charge in [-0.05, 0) is 12.1 Å². The molecule has 1 amide bonds. The molecule has 80 valence electrons. The van der Waals surface area contributed by atoms with E-state index >= 15 is 0 Å². The molecule has 2 N–H and O–H groups in total. The number of nitrogens with two attached hydrogens (primary N) is 1. The van der Waals surface area contributed by atoms with Gasteiger partial charge in [0.15, 0.2) is 0 Å². The van der Waals surface area contributed by atoms with Crippen molar-refractivity contribution in [3.05, 3.63) is 30.3 Å². The summed E-state index contributed by atoms with van der Waals surface area (Å²) in [5.41, 5.74) is 6.20. The van der Waals surface area contributed by atoms with Gasteiger partial charge in [0.1, 0.15) is 5.84 Å². The van der Waals surface area contributed by atoms with Crippen molar-refractivity contribution in [2.24, 2.45) is 10.8 Å². The maximum absolute atomic E-state index is 11.3. The molecule has 0 fully saturated rings. The highest BCUT2D eigenvalue weighted by atomic mass is 16.2.